The molecular weight excluding hydrogens is 283 g/mol. The molecule has 22 heavy (non-hydrogen) atoms. The Hall–Kier alpha value is -0.0100. The summed E-state index contributed by atoms with van der Waals surface area (Å²) < 4.78 is 0. The summed E-state index contributed by atoms with van der Waals surface area (Å²) in [6.07, 6.45) is 29.8. The zero-order chi connectivity index (χ0) is 15.3. The summed E-state index contributed by atoms with van der Waals surface area (Å²) in [7, 11) is -0.959. The van der Waals surface area contributed by atoms with Crippen molar-refractivity contribution in [1.29, 1.82) is 0 Å². The monoisotopic (exact) mass is 319 g/mol. The third kappa shape index (κ3) is 3.41. The van der Waals surface area contributed by atoms with Crippen molar-refractivity contribution >= 4 is 7.26 Å². The largest absolute Gasteiger partial charge is 0.120 e. The molecule has 0 aromatic rings. The van der Waals surface area contributed by atoms with Gasteiger partial charge < -0.3 is 0 Å². The molecule has 0 heterocycles. The molecule has 124 valence electrons. The Morgan fingerprint density at radius 2 is 0.909 bits per heavy atom. The summed E-state index contributed by atoms with van der Waals surface area (Å²) in [6, 6.07) is 0. The molecule has 3 saturated carbocycles. The number of hydrogen-bond donors (Lipinski definition) is 0. The van der Waals surface area contributed by atoms with Crippen LogP contribution in [0.5, 0.6) is 0 Å². The summed E-state index contributed by atoms with van der Waals surface area (Å²) in [4.78, 5) is 0. The Kier molecular flexibility index (Phi) is 6.27. The molecule has 3 fully saturated rings. The SMILES string of the molecule is C#CC[P+](C1CCCCC1)(C1CCCCC1)C1CCCCC1. The van der Waals surface area contributed by atoms with E-state index < -0.39 is 7.26 Å². The van der Waals surface area contributed by atoms with E-state index in [-0.39, 0.29) is 0 Å². The summed E-state index contributed by atoms with van der Waals surface area (Å²) in [5.41, 5.74) is 3.18. The second kappa shape index (κ2) is 8.20. The van der Waals surface area contributed by atoms with E-state index in [0.29, 0.717) is 0 Å². The van der Waals surface area contributed by atoms with Crippen LogP contribution in [0.1, 0.15) is 96.3 Å². The molecule has 0 radical (unpaired) electrons. The van der Waals surface area contributed by atoms with E-state index in [4.69, 9.17) is 6.42 Å². The van der Waals surface area contributed by atoms with Gasteiger partial charge in [-0.1, -0.05) is 25.2 Å². The van der Waals surface area contributed by atoms with Gasteiger partial charge in [0.15, 0.2) is 0 Å². The molecule has 0 aromatic heterocycles. The molecule has 0 nitrogen and oxygen atoms in total. The molecule has 0 aromatic carbocycles. The fourth-order valence-electron chi connectivity index (χ4n) is 6.13. The molecule has 0 bridgehead atoms. The first-order valence-corrected chi connectivity index (χ1v) is 12.4. The Balaban J connectivity index is 1.90. The van der Waals surface area contributed by atoms with E-state index in [1.165, 1.54) is 102 Å². The molecule has 0 spiro atoms. The lowest BCUT2D eigenvalue weighted by atomic mass is 9.99. The fourth-order valence-corrected chi connectivity index (χ4v) is 13.0. The summed E-state index contributed by atoms with van der Waals surface area (Å²) in [5, 5.41) is 0. The van der Waals surface area contributed by atoms with Crippen molar-refractivity contribution in [3.8, 4) is 12.3 Å². The predicted molar refractivity (Wildman–Crippen MR) is 101 cm³/mol. The van der Waals surface area contributed by atoms with E-state index in [0.717, 1.165) is 17.0 Å². The van der Waals surface area contributed by atoms with Gasteiger partial charge in [0.1, 0.15) is 6.16 Å². The highest BCUT2D eigenvalue weighted by Gasteiger charge is 2.56. The van der Waals surface area contributed by atoms with E-state index >= 15 is 0 Å². The predicted octanol–water partition coefficient (Wildman–Crippen LogP) is 6.64. The van der Waals surface area contributed by atoms with Crippen LogP contribution in [0.15, 0.2) is 0 Å². The second-order valence-electron chi connectivity index (χ2n) is 8.23. The molecule has 0 unspecified atom stereocenters. The second-order valence-corrected chi connectivity index (χ2v) is 12.7. The molecule has 0 amide bonds. The highest BCUT2D eigenvalue weighted by Crippen LogP contribution is 2.76. The van der Waals surface area contributed by atoms with E-state index in [1.807, 2.05) is 0 Å². The quantitative estimate of drug-likeness (QED) is 0.402. The standard InChI is InChI=1S/C21H36P/c1-2-18-22(19-12-6-3-7-13-19,20-14-8-4-9-15-20)21-16-10-5-11-17-21/h1,19-21H,3-18H2/q+1. The Bertz CT molecular complexity index is 316. The molecule has 3 aliphatic carbocycles. The minimum absolute atomic E-state index is 0.959. The highest BCUT2D eigenvalue weighted by molar-refractivity contribution is 7.78. The maximum Gasteiger partial charge on any atom is 0.120 e. The fraction of sp³-hybridized carbons (Fsp3) is 0.905. The van der Waals surface area contributed by atoms with Gasteiger partial charge in [-0.3, -0.25) is 0 Å². The van der Waals surface area contributed by atoms with Crippen LogP contribution >= 0.6 is 7.26 Å². The maximum atomic E-state index is 6.01. The minimum Gasteiger partial charge on any atom is -0.116 e. The lowest BCUT2D eigenvalue weighted by Crippen LogP contribution is -2.37. The van der Waals surface area contributed by atoms with Gasteiger partial charge in [0.25, 0.3) is 0 Å². The number of hydrogen-bond acceptors (Lipinski definition) is 0. The van der Waals surface area contributed by atoms with Crippen molar-refractivity contribution in [2.75, 3.05) is 6.16 Å². The third-order valence-corrected chi connectivity index (χ3v) is 13.5. The molecule has 0 atom stereocenters. The normalized spacial score (nSPS) is 26.7. The van der Waals surface area contributed by atoms with Crippen LogP contribution in [0.4, 0.5) is 0 Å². The zero-order valence-electron chi connectivity index (χ0n) is 14.6. The summed E-state index contributed by atoms with van der Waals surface area (Å²) in [5.74, 6) is 3.25. The van der Waals surface area contributed by atoms with E-state index in [1.54, 1.807) is 0 Å². The van der Waals surface area contributed by atoms with Crippen molar-refractivity contribution < 1.29 is 0 Å². The first kappa shape index (κ1) is 16.8. The van der Waals surface area contributed by atoms with Gasteiger partial charge in [0.2, 0.25) is 0 Å². The van der Waals surface area contributed by atoms with Crippen LogP contribution in [0.25, 0.3) is 0 Å². The van der Waals surface area contributed by atoms with Crippen molar-refractivity contribution in [2.24, 2.45) is 0 Å². The van der Waals surface area contributed by atoms with Gasteiger partial charge in [-0.25, -0.2) is 0 Å². The van der Waals surface area contributed by atoms with Crippen LogP contribution in [-0.2, 0) is 0 Å². The first-order valence-electron chi connectivity index (χ1n) is 10.2. The summed E-state index contributed by atoms with van der Waals surface area (Å²) >= 11 is 0. The van der Waals surface area contributed by atoms with Crippen LogP contribution in [-0.4, -0.2) is 23.1 Å². The Morgan fingerprint density at radius 1 is 0.591 bits per heavy atom. The topological polar surface area (TPSA) is 0 Å². The lowest BCUT2D eigenvalue weighted by Gasteiger charge is -2.48. The van der Waals surface area contributed by atoms with Gasteiger partial charge in [-0.15, -0.1) is 6.42 Å². The summed E-state index contributed by atoms with van der Waals surface area (Å²) in [6.45, 7) is 0. The van der Waals surface area contributed by atoms with Crippen molar-refractivity contribution in [3.05, 3.63) is 0 Å². The third-order valence-electron chi connectivity index (χ3n) is 7.13. The molecule has 1 heteroatoms. The molecule has 0 N–H and O–H groups in total. The minimum atomic E-state index is -0.959. The molecule has 3 rings (SSSR count). The maximum absolute atomic E-state index is 6.01. The van der Waals surface area contributed by atoms with Crippen molar-refractivity contribution in [2.45, 2.75) is 113 Å². The van der Waals surface area contributed by atoms with Gasteiger partial charge in [0.05, 0.1) is 17.0 Å². The van der Waals surface area contributed by atoms with Crippen LogP contribution in [0, 0.1) is 12.3 Å². The average Bonchev–Trinajstić information content (AvgIpc) is 2.62. The number of terminal acetylenes is 1. The van der Waals surface area contributed by atoms with Crippen molar-refractivity contribution in [1.82, 2.24) is 0 Å². The van der Waals surface area contributed by atoms with Gasteiger partial charge in [-0.2, -0.15) is 0 Å². The van der Waals surface area contributed by atoms with Gasteiger partial charge >= 0.3 is 0 Å². The molecule has 0 saturated heterocycles. The smallest absolute Gasteiger partial charge is 0.116 e. The van der Waals surface area contributed by atoms with Gasteiger partial charge in [0, 0.05) is 7.26 Å². The Labute approximate surface area is 139 Å². The van der Waals surface area contributed by atoms with Crippen LogP contribution in [0.2, 0.25) is 0 Å². The van der Waals surface area contributed by atoms with Crippen molar-refractivity contribution in [3.63, 3.8) is 0 Å². The van der Waals surface area contributed by atoms with E-state index in [2.05, 4.69) is 5.92 Å². The van der Waals surface area contributed by atoms with Crippen LogP contribution < -0.4 is 0 Å². The molecule has 3 aliphatic rings. The lowest BCUT2D eigenvalue weighted by molar-refractivity contribution is 0.452. The number of rotatable bonds is 4. The molecule has 0 aliphatic heterocycles. The molecular formula is C21H36P+. The van der Waals surface area contributed by atoms with E-state index in [9.17, 15) is 0 Å². The first-order chi connectivity index (χ1) is 10.9. The Morgan fingerprint density at radius 3 is 1.18 bits per heavy atom. The van der Waals surface area contributed by atoms with Gasteiger partial charge in [-0.05, 0) is 77.0 Å². The van der Waals surface area contributed by atoms with Crippen LogP contribution in [0.3, 0.4) is 0 Å². The zero-order valence-corrected chi connectivity index (χ0v) is 15.5. The average molecular weight is 319 g/mol. The highest BCUT2D eigenvalue weighted by atomic mass is 31.2.